The summed E-state index contributed by atoms with van der Waals surface area (Å²) in [5, 5.41) is 11.5. The number of carbonyl (C=O) groups is 1. The lowest BCUT2D eigenvalue weighted by Gasteiger charge is -2.20. The molecule has 0 atom stereocenters. The molecule has 1 aliphatic rings. The van der Waals surface area contributed by atoms with Crippen molar-refractivity contribution in [2.24, 2.45) is 0 Å². The lowest BCUT2D eigenvalue weighted by Crippen LogP contribution is -2.32. The first-order chi connectivity index (χ1) is 17.3. The molecule has 0 radical (unpaired) electrons. The quantitative estimate of drug-likeness (QED) is 0.269. The van der Waals surface area contributed by atoms with E-state index in [1.54, 1.807) is 13.0 Å². The zero-order valence-corrected chi connectivity index (χ0v) is 20.9. The van der Waals surface area contributed by atoms with Gasteiger partial charge in [-0.2, -0.15) is 0 Å². The van der Waals surface area contributed by atoms with E-state index in [9.17, 15) is 19.7 Å². The molecule has 36 heavy (non-hydrogen) atoms. The number of aromatic nitrogens is 1. The second kappa shape index (κ2) is 10.8. The van der Waals surface area contributed by atoms with Crippen LogP contribution in [-0.4, -0.2) is 43.0 Å². The van der Waals surface area contributed by atoms with Gasteiger partial charge < -0.3 is 19.1 Å². The SMILES string of the molecule is CCOC(=O)/C=c1\s/c(=C\c2ccc(N(C)C)cc2)c(=O)n1Cc1cc([N+](=O)[O-])cc2c1OCOC2. The van der Waals surface area contributed by atoms with Crippen molar-refractivity contribution in [3.05, 3.63) is 82.8 Å². The Hall–Kier alpha value is -3.96. The van der Waals surface area contributed by atoms with Crippen molar-refractivity contribution in [1.82, 2.24) is 4.57 Å². The molecule has 2 heterocycles. The Bertz CT molecular complexity index is 1470. The van der Waals surface area contributed by atoms with E-state index in [-0.39, 0.29) is 37.8 Å². The third-order valence-electron chi connectivity index (χ3n) is 5.48. The summed E-state index contributed by atoms with van der Waals surface area (Å²) in [6.45, 7) is 2.01. The summed E-state index contributed by atoms with van der Waals surface area (Å²) in [5.41, 5.74) is 2.35. The molecule has 0 aliphatic carbocycles. The number of hydrogen-bond acceptors (Lipinski definition) is 9. The largest absolute Gasteiger partial charge is 0.467 e. The van der Waals surface area contributed by atoms with E-state index in [0.717, 1.165) is 22.6 Å². The summed E-state index contributed by atoms with van der Waals surface area (Å²) >= 11 is 1.14. The van der Waals surface area contributed by atoms with Crippen molar-refractivity contribution in [3.8, 4) is 5.75 Å². The summed E-state index contributed by atoms with van der Waals surface area (Å²) in [4.78, 5) is 38.7. The van der Waals surface area contributed by atoms with Gasteiger partial charge >= 0.3 is 5.97 Å². The predicted octanol–water partition coefficient (Wildman–Crippen LogP) is 1.97. The van der Waals surface area contributed by atoms with Gasteiger partial charge in [-0.3, -0.25) is 19.5 Å². The Labute approximate surface area is 210 Å². The van der Waals surface area contributed by atoms with Gasteiger partial charge in [-0.1, -0.05) is 12.1 Å². The number of fused-ring (bicyclic) bond motifs is 1. The maximum absolute atomic E-state index is 13.5. The summed E-state index contributed by atoms with van der Waals surface area (Å²) in [6.07, 6.45) is 3.01. The molecule has 0 unspecified atom stereocenters. The van der Waals surface area contributed by atoms with Gasteiger partial charge in [0.2, 0.25) is 0 Å². The van der Waals surface area contributed by atoms with Crippen molar-refractivity contribution >= 4 is 40.8 Å². The minimum Gasteiger partial charge on any atom is -0.467 e. The van der Waals surface area contributed by atoms with Gasteiger partial charge in [0.1, 0.15) is 10.4 Å². The average molecular weight is 512 g/mol. The normalized spacial score (nSPS) is 13.8. The molecule has 0 spiro atoms. The van der Waals surface area contributed by atoms with Crippen molar-refractivity contribution in [3.63, 3.8) is 0 Å². The molecule has 3 aromatic rings. The maximum atomic E-state index is 13.5. The molecule has 0 fully saturated rings. The highest BCUT2D eigenvalue weighted by molar-refractivity contribution is 7.07. The fraction of sp³-hybridized carbons (Fsp3) is 0.280. The van der Waals surface area contributed by atoms with Crippen LogP contribution in [0.3, 0.4) is 0 Å². The monoisotopic (exact) mass is 511 g/mol. The summed E-state index contributed by atoms with van der Waals surface area (Å²) < 4.78 is 18.1. The molecule has 2 aromatic carbocycles. The number of nitro groups is 1. The first-order valence-electron chi connectivity index (χ1n) is 11.1. The Kier molecular flexibility index (Phi) is 7.51. The van der Waals surface area contributed by atoms with Crippen molar-refractivity contribution in [1.29, 1.82) is 0 Å². The molecular weight excluding hydrogens is 486 g/mol. The van der Waals surface area contributed by atoms with E-state index in [2.05, 4.69) is 0 Å². The molecule has 4 rings (SSSR count). The molecule has 10 nitrogen and oxygen atoms in total. The number of non-ortho nitro benzene ring substituents is 1. The van der Waals surface area contributed by atoms with E-state index in [4.69, 9.17) is 14.2 Å². The highest BCUT2D eigenvalue weighted by Gasteiger charge is 2.22. The molecule has 1 aliphatic heterocycles. The fourth-order valence-corrected chi connectivity index (χ4v) is 4.80. The van der Waals surface area contributed by atoms with Crippen LogP contribution < -0.4 is 24.4 Å². The maximum Gasteiger partial charge on any atom is 0.333 e. The minimum absolute atomic E-state index is 0.000125. The van der Waals surface area contributed by atoms with Crippen LogP contribution in [0.15, 0.2) is 41.2 Å². The molecule has 0 saturated carbocycles. The second-order valence-electron chi connectivity index (χ2n) is 8.18. The van der Waals surface area contributed by atoms with Gasteiger partial charge in [0, 0.05) is 43.0 Å². The zero-order chi connectivity index (χ0) is 25.8. The number of nitrogens with zero attached hydrogens (tertiary/aromatic N) is 3. The number of carbonyl (C=O) groups excluding carboxylic acids is 1. The van der Waals surface area contributed by atoms with Gasteiger partial charge in [-0.05, 0) is 30.7 Å². The zero-order valence-electron chi connectivity index (χ0n) is 20.1. The van der Waals surface area contributed by atoms with Gasteiger partial charge in [-0.15, -0.1) is 11.3 Å². The predicted molar refractivity (Wildman–Crippen MR) is 136 cm³/mol. The molecule has 0 bridgehead atoms. The Balaban J connectivity index is 1.85. The molecule has 11 heteroatoms. The average Bonchev–Trinajstić information content (AvgIpc) is 3.13. The highest BCUT2D eigenvalue weighted by Crippen LogP contribution is 2.32. The van der Waals surface area contributed by atoms with Crippen molar-refractivity contribution in [2.45, 2.75) is 20.1 Å². The molecule has 0 amide bonds. The molecule has 188 valence electrons. The van der Waals surface area contributed by atoms with E-state index in [0.29, 0.717) is 26.1 Å². The summed E-state index contributed by atoms with van der Waals surface area (Å²) in [5.74, 6) is -0.142. The van der Waals surface area contributed by atoms with E-state index in [1.165, 1.54) is 22.8 Å². The van der Waals surface area contributed by atoms with Crippen LogP contribution in [0.2, 0.25) is 0 Å². The number of nitro benzene ring substituents is 1. The molecule has 1 aromatic heterocycles. The third kappa shape index (κ3) is 5.47. The second-order valence-corrected chi connectivity index (χ2v) is 9.25. The number of esters is 1. The van der Waals surface area contributed by atoms with Crippen LogP contribution in [0.1, 0.15) is 23.6 Å². The molecular formula is C25H25N3O7S. The smallest absolute Gasteiger partial charge is 0.333 e. The molecule has 0 N–H and O–H groups in total. The Morgan fingerprint density at radius 1 is 1.28 bits per heavy atom. The number of anilines is 1. The highest BCUT2D eigenvalue weighted by atomic mass is 32.1. The third-order valence-corrected chi connectivity index (χ3v) is 6.54. The molecule has 0 saturated heterocycles. The van der Waals surface area contributed by atoms with E-state index >= 15 is 0 Å². The van der Waals surface area contributed by atoms with Gasteiger partial charge in [0.15, 0.2) is 6.79 Å². The van der Waals surface area contributed by atoms with Crippen LogP contribution in [0, 0.1) is 10.1 Å². The van der Waals surface area contributed by atoms with E-state index in [1.807, 2.05) is 43.3 Å². The number of benzene rings is 2. The number of thiazole rings is 1. The van der Waals surface area contributed by atoms with Gasteiger partial charge in [-0.25, -0.2) is 4.79 Å². The summed E-state index contributed by atoms with van der Waals surface area (Å²) in [7, 11) is 3.88. The van der Waals surface area contributed by atoms with Crippen LogP contribution in [-0.2, 0) is 27.4 Å². The van der Waals surface area contributed by atoms with Crippen molar-refractivity contribution < 1.29 is 23.9 Å². The first-order valence-corrected chi connectivity index (χ1v) is 12.0. The number of ether oxygens (including phenoxy) is 3. The Morgan fingerprint density at radius 2 is 2.03 bits per heavy atom. The van der Waals surface area contributed by atoms with Crippen LogP contribution in [0.25, 0.3) is 12.2 Å². The number of rotatable bonds is 7. The van der Waals surface area contributed by atoms with Crippen LogP contribution in [0.5, 0.6) is 5.75 Å². The minimum atomic E-state index is -0.583. The fourth-order valence-electron chi connectivity index (χ4n) is 3.77. The van der Waals surface area contributed by atoms with Gasteiger partial charge in [0.05, 0.1) is 35.3 Å². The van der Waals surface area contributed by atoms with Crippen molar-refractivity contribution in [2.75, 3.05) is 32.4 Å². The topological polar surface area (TPSA) is 113 Å². The Morgan fingerprint density at radius 3 is 2.69 bits per heavy atom. The van der Waals surface area contributed by atoms with E-state index < -0.39 is 10.9 Å². The van der Waals surface area contributed by atoms with Gasteiger partial charge in [0.25, 0.3) is 11.2 Å². The number of hydrogen-bond donors (Lipinski definition) is 0. The summed E-state index contributed by atoms with van der Waals surface area (Å²) in [6, 6.07) is 10.5. The van der Waals surface area contributed by atoms with Crippen LogP contribution >= 0.6 is 11.3 Å². The first kappa shape index (κ1) is 25.1. The lowest BCUT2D eigenvalue weighted by molar-refractivity contribution is -0.385. The standard InChI is InChI=1S/C25H25N3O7S/c1-4-34-23(29)12-22-27(13-17-10-20(28(31)32)11-18-14-33-15-35-24(17)18)25(30)21(36-22)9-16-5-7-19(8-6-16)26(2)3/h5-12H,4,13-15H2,1-3H3/b21-9-,22-12-. The lowest BCUT2D eigenvalue weighted by atomic mass is 10.1. The van der Waals surface area contributed by atoms with Crippen LogP contribution in [0.4, 0.5) is 11.4 Å².